The summed E-state index contributed by atoms with van der Waals surface area (Å²) in [6.07, 6.45) is 0.847. The van der Waals surface area contributed by atoms with Crippen molar-refractivity contribution in [1.29, 1.82) is 0 Å². The summed E-state index contributed by atoms with van der Waals surface area (Å²) in [5.41, 5.74) is -0.534. The molecule has 0 saturated carbocycles. The Morgan fingerprint density at radius 3 is 2.77 bits per heavy atom. The smallest absolute Gasteiger partial charge is 0.349 e. The van der Waals surface area contributed by atoms with Crippen LogP contribution in [0.2, 0.25) is 0 Å². The fourth-order valence-electron chi connectivity index (χ4n) is 2.73. The molecule has 2 N–H and O–H groups in total. The highest BCUT2D eigenvalue weighted by Gasteiger charge is 2.35. The lowest BCUT2D eigenvalue weighted by atomic mass is 10.2. The second-order valence-electron chi connectivity index (χ2n) is 5.98. The summed E-state index contributed by atoms with van der Waals surface area (Å²) < 4.78 is 8.86. The van der Waals surface area contributed by atoms with E-state index in [1.165, 1.54) is 6.07 Å². The third kappa shape index (κ3) is 4.69. The number of hydrogen-bond acceptors (Lipinski definition) is 5. The number of hydrogen-bond donors (Lipinski definition) is 2. The summed E-state index contributed by atoms with van der Waals surface area (Å²) in [6.45, 7) is 1.10. The molecule has 0 radical (unpaired) electrons. The maximum Gasteiger partial charge on any atom is 0.349 e. The third-order valence-electron chi connectivity index (χ3n) is 4.06. The number of alkyl halides is 3. The summed E-state index contributed by atoms with van der Waals surface area (Å²) >= 11 is 17.9. The summed E-state index contributed by atoms with van der Waals surface area (Å²) in [4.78, 5) is 24.7. The monoisotopic (exact) mass is 418 g/mol. The Hall–Kier alpha value is -1.31. The molecule has 0 aliphatic carbocycles. The second kappa shape index (κ2) is 8.15. The van der Waals surface area contributed by atoms with E-state index >= 15 is 0 Å². The van der Waals surface area contributed by atoms with Crippen LogP contribution in [-0.2, 0) is 4.74 Å². The molecule has 2 atom stereocenters. The van der Waals surface area contributed by atoms with Gasteiger partial charge in [0, 0.05) is 18.5 Å². The molecule has 1 aromatic carbocycles. The minimum Gasteiger partial charge on any atom is -0.422 e. The first-order valence-corrected chi connectivity index (χ1v) is 9.23. The zero-order chi connectivity index (χ0) is 18.7. The quantitative estimate of drug-likeness (QED) is 0.442. The van der Waals surface area contributed by atoms with Crippen molar-refractivity contribution < 1.29 is 13.9 Å². The summed E-state index contributed by atoms with van der Waals surface area (Å²) in [7, 11) is 0. The minimum atomic E-state index is -1.81. The SMILES string of the molecule is O=C(NC(NCC1CCCO1)C(Cl)(Cl)Cl)c1cc2ccccc2oc1=O. The van der Waals surface area contributed by atoms with Crippen LogP contribution in [0, 0.1) is 0 Å². The van der Waals surface area contributed by atoms with E-state index in [0.717, 1.165) is 12.8 Å². The van der Waals surface area contributed by atoms with Crippen molar-refractivity contribution in [3.8, 4) is 0 Å². The zero-order valence-electron chi connectivity index (χ0n) is 13.6. The van der Waals surface area contributed by atoms with Crippen molar-refractivity contribution in [1.82, 2.24) is 10.6 Å². The van der Waals surface area contributed by atoms with Gasteiger partial charge in [0.25, 0.3) is 5.91 Å². The van der Waals surface area contributed by atoms with Crippen LogP contribution in [0.5, 0.6) is 0 Å². The lowest BCUT2D eigenvalue weighted by Gasteiger charge is -2.27. The Morgan fingerprint density at radius 1 is 1.31 bits per heavy atom. The Morgan fingerprint density at radius 2 is 2.08 bits per heavy atom. The first kappa shape index (κ1) is 19.5. The molecule has 1 saturated heterocycles. The number of halogens is 3. The molecular formula is C17H17Cl3N2O4. The van der Waals surface area contributed by atoms with Gasteiger partial charge in [0.05, 0.1) is 6.10 Å². The van der Waals surface area contributed by atoms with E-state index in [9.17, 15) is 9.59 Å². The normalized spacial score (nSPS) is 18.8. The van der Waals surface area contributed by atoms with Gasteiger partial charge in [0.15, 0.2) is 0 Å². The van der Waals surface area contributed by atoms with E-state index in [-0.39, 0.29) is 11.7 Å². The number of benzene rings is 1. The standard InChI is InChI=1S/C17H17Cl3N2O4/c18-17(19,20)16(21-9-11-5-3-7-25-11)22-14(23)12-8-10-4-1-2-6-13(10)26-15(12)24/h1-2,4,6,8,11,16,21H,3,5,7,9H2,(H,22,23). The molecular weight excluding hydrogens is 403 g/mol. The summed E-state index contributed by atoms with van der Waals surface area (Å²) in [5, 5.41) is 6.14. The van der Waals surface area contributed by atoms with Crippen LogP contribution < -0.4 is 16.3 Å². The first-order valence-electron chi connectivity index (χ1n) is 8.10. The van der Waals surface area contributed by atoms with Crippen LogP contribution in [0.25, 0.3) is 11.0 Å². The molecule has 140 valence electrons. The minimum absolute atomic E-state index is 0.00695. The van der Waals surface area contributed by atoms with Gasteiger partial charge < -0.3 is 14.5 Å². The largest absolute Gasteiger partial charge is 0.422 e. The van der Waals surface area contributed by atoms with Crippen molar-refractivity contribution in [2.24, 2.45) is 0 Å². The van der Waals surface area contributed by atoms with Crippen LogP contribution in [0.1, 0.15) is 23.2 Å². The number of para-hydroxylation sites is 1. The molecule has 1 amide bonds. The zero-order valence-corrected chi connectivity index (χ0v) is 15.9. The summed E-state index contributed by atoms with van der Waals surface area (Å²) in [5.74, 6) is -0.694. The van der Waals surface area contributed by atoms with E-state index < -0.39 is 21.5 Å². The second-order valence-corrected chi connectivity index (χ2v) is 8.35. The van der Waals surface area contributed by atoms with E-state index in [0.29, 0.717) is 24.1 Å². The van der Waals surface area contributed by atoms with Gasteiger partial charge in [0.1, 0.15) is 17.3 Å². The average Bonchev–Trinajstić information content (AvgIpc) is 3.10. The van der Waals surface area contributed by atoms with Gasteiger partial charge in [-0.15, -0.1) is 0 Å². The number of carbonyl (C=O) groups excluding carboxylic acids is 1. The predicted octanol–water partition coefficient (Wildman–Crippen LogP) is 2.99. The lowest BCUT2D eigenvalue weighted by Crippen LogP contribution is -2.55. The van der Waals surface area contributed by atoms with Crippen molar-refractivity contribution in [2.45, 2.75) is 28.9 Å². The van der Waals surface area contributed by atoms with Crippen LogP contribution >= 0.6 is 34.8 Å². The van der Waals surface area contributed by atoms with Crippen LogP contribution in [0.15, 0.2) is 39.5 Å². The van der Waals surface area contributed by atoms with E-state index in [1.54, 1.807) is 24.3 Å². The van der Waals surface area contributed by atoms with Crippen molar-refractivity contribution in [3.63, 3.8) is 0 Å². The maximum atomic E-state index is 12.5. The molecule has 0 spiro atoms. The highest BCUT2D eigenvalue weighted by Crippen LogP contribution is 2.29. The van der Waals surface area contributed by atoms with Crippen LogP contribution in [0.4, 0.5) is 0 Å². The Labute approximate surface area is 164 Å². The average molecular weight is 420 g/mol. The van der Waals surface area contributed by atoms with E-state index in [4.69, 9.17) is 44.0 Å². The van der Waals surface area contributed by atoms with Crippen molar-refractivity contribution in [2.75, 3.05) is 13.2 Å². The van der Waals surface area contributed by atoms with Crippen LogP contribution in [0.3, 0.4) is 0 Å². The molecule has 9 heteroatoms. The third-order valence-corrected chi connectivity index (χ3v) is 4.72. The number of ether oxygens (including phenoxy) is 1. The number of amides is 1. The molecule has 1 aromatic heterocycles. The molecule has 6 nitrogen and oxygen atoms in total. The molecule has 2 aromatic rings. The number of carbonyl (C=O) groups is 1. The first-order chi connectivity index (χ1) is 12.3. The maximum absolute atomic E-state index is 12.5. The van der Waals surface area contributed by atoms with E-state index in [1.807, 2.05) is 0 Å². The molecule has 2 heterocycles. The van der Waals surface area contributed by atoms with Gasteiger partial charge in [-0.3, -0.25) is 10.1 Å². The number of fused-ring (bicyclic) bond motifs is 1. The van der Waals surface area contributed by atoms with Gasteiger partial charge >= 0.3 is 5.63 Å². The Balaban J connectivity index is 1.76. The molecule has 1 fully saturated rings. The van der Waals surface area contributed by atoms with E-state index in [2.05, 4.69) is 10.6 Å². The molecule has 1 aliphatic rings. The Bertz CT molecular complexity index is 844. The van der Waals surface area contributed by atoms with Gasteiger partial charge in [-0.2, -0.15) is 0 Å². The Kier molecular flexibility index (Phi) is 6.10. The van der Waals surface area contributed by atoms with Crippen molar-refractivity contribution in [3.05, 3.63) is 46.3 Å². The van der Waals surface area contributed by atoms with Crippen molar-refractivity contribution >= 4 is 51.7 Å². The topological polar surface area (TPSA) is 80.6 Å². The fraction of sp³-hybridized carbons (Fsp3) is 0.412. The molecule has 1 aliphatic heterocycles. The number of nitrogens with one attached hydrogen (secondary N) is 2. The van der Waals surface area contributed by atoms with Gasteiger partial charge in [-0.25, -0.2) is 4.79 Å². The van der Waals surface area contributed by atoms with Gasteiger partial charge in [-0.1, -0.05) is 53.0 Å². The molecule has 3 rings (SSSR count). The molecule has 26 heavy (non-hydrogen) atoms. The van der Waals surface area contributed by atoms with Gasteiger partial charge in [-0.05, 0) is 25.0 Å². The fourth-order valence-corrected chi connectivity index (χ4v) is 3.13. The van der Waals surface area contributed by atoms with Crippen LogP contribution in [-0.4, -0.2) is 35.1 Å². The lowest BCUT2D eigenvalue weighted by molar-refractivity contribution is 0.0894. The highest BCUT2D eigenvalue weighted by molar-refractivity contribution is 6.68. The highest BCUT2D eigenvalue weighted by atomic mass is 35.6. The predicted molar refractivity (Wildman–Crippen MR) is 101 cm³/mol. The molecule has 2 unspecified atom stereocenters. The van der Waals surface area contributed by atoms with Gasteiger partial charge in [0.2, 0.25) is 3.79 Å². The number of rotatable bonds is 5. The summed E-state index contributed by atoms with van der Waals surface area (Å²) in [6, 6.07) is 8.34. The molecule has 0 bridgehead atoms.